The summed E-state index contributed by atoms with van der Waals surface area (Å²) in [4.78, 5) is 2.59. The Kier molecular flexibility index (Phi) is 19.8. The molecule has 0 aliphatic heterocycles. The Bertz CT molecular complexity index is 352. The molecule has 0 heterocycles. The van der Waals surface area contributed by atoms with Gasteiger partial charge in [0.1, 0.15) is 0 Å². The molecule has 188 valence electrons. The lowest BCUT2D eigenvalue weighted by Gasteiger charge is -2.32. The lowest BCUT2D eigenvalue weighted by atomic mass is 10.3. The summed E-state index contributed by atoms with van der Waals surface area (Å²) in [6, 6.07) is 4.31. The summed E-state index contributed by atoms with van der Waals surface area (Å²) in [6.07, 6.45) is 6.58. The van der Waals surface area contributed by atoms with Gasteiger partial charge < -0.3 is 22.6 Å². The Hall–Kier alpha value is 0.234. The van der Waals surface area contributed by atoms with Crippen molar-refractivity contribution in [1.29, 1.82) is 0 Å². The maximum absolute atomic E-state index is 6.33. The lowest BCUT2D eigenvalue weighted by molar-refractivity contribution is 0.163. The molecule has 7 heteroatoms. The molecule has 0 aliphatic rings. The van der Waals surface area contributed by atoms with Crippen LogP contribution in [0.5, 0.6) is 0 Å². The molecule has 0 fully saturated rings. The van der Waals surface area contributed by atoms with E-state index < -0.39 is 17.1 Å². The van der Waals surface area contributed by atoms with Crippen molar-refractivity contribution in [1.82, 2.24) is 4.90 Å². The molecule has 0 saturated heterocycles. The molecule has 0 N–H and O–H groups in total. The molecule has 0 aromatic heterocycles. The Labute approximate surface area is 197 Å². The smallest absolute Gasteiger partial charge is 0.337 e. The van der Waals surface area contributed by atoms with Crippen molar-refractivity contribution in [3.05, 3.63) is 0 Å². The van der Waals surface area contributed by atoms with Crippen molar-refractivity contribution in [2.45, 2.75) is 111 Å². The van der Waals surface area contributed by atoms with E-state index in [9.17, 15) is 0 Å². The van der Waals surface area contributed by atoms with E-state index in [2.05, 4.69) is 53.4 Å². The zero-order chi connectivity index (χ0) is 23.4. The van der Waals surface area contributed by atoms with Crippen molar-refractivity contribution in [3.63, 3.8) is 0 Å². The Morgan fingerprint density at radius 3 is 1.06 bits per heavy atom. The second-order valence-corrected chi connectivity index (χ2v) is 15.8. The van der Waals surface area contributed by atoms with Gasteiger partial charge in [-0.3, -0.25) is 0 Å². The quantitative estimate of drug-likeness (QED) is 0.153. The Morgan fingerprint density at radius 2 is 0.839 bits per heavy atom. The average Bonchev–Trinajstić information content (AvgIpc) is 2.81. The van der Waals surface area contributed by atoms with Crippen LogP contribution < -0.4 is 0 Å². The van der Waals surface area contributed by atoms with Crippen molar-refractivity contribution in [3.8, 4) is 0 Å². The van der Waals surface area contributed by atoms with Gasteiger partial charge in [0.25, 0.3) is 0 Å². The lowest BCUT2D eigenvalue weighted by Crippen LogP contribution is -2.43. The van der Waals surface area contributed by atoms with Crippen molar-refractivity contribution in [2.24, 2.45) is 0 Å². The van der Waals surface area contributed by atoms with Crippen molar-refractivity contribution < 1.29 is 17.7 Å². The second-order valence-electron chi connectivity index (χ2n) is 8.56. The minimum atomic E-state index is -2.05. The molecule has 0 rings (SSSR count). The van der Waals surface area contributed by atoms with E-state index in [1.165, 1.54) is 0 Å². The molecular weight excluding hydrogens is 422 g/mol. The third-order valence-electron chi connectivity index (χ3n) is 5.87. The van der Waals surface area contributed by atoms with Crippen LogP contribution in [-0.2, 0) is 17.7 Å². The number of hydrogen-bond acceptors (Lipinski definition) is 5. The molecule has 0 atom stereocenters. The van der Waals surface area contributed by atoms with E-state index in [1.807, 2.05) is 0 Å². The number of hydrogen-bond donors (Lipinski definition) is 0. The summed E-state index contributed by atoms with van der Waals surface area (Å²) in [6.45, 7) is 22.2. The first-order valence-corrected chi connectivity index (χ1v) is 17.7. The largest absolute Gasteiger partial charge is 0.394 e. The maximum atomic E-state index is 6.33. The van der Waals surface area contributed by atoms with E-state index >= 15 is 0 Å². The number of nitrogens with zero attached hydrogens (tertiary/aromatic N) is 1. The fourth-order valence-corrected chi connectivity index (χ4v) is 9.82. The fourth-order valence-electron chi connectivity index (χ4n) is 3.86. The predicted molar refractivity (Wildman–Crippen MR) is 138 cm³/mol. The van der Waals surface area contributed by atoms with Crippen LogP contribution in [0, 0.1) is 0 Å². The van der Waals surface area contributed by atoms with Gasteiger partial charge in [-0.15, -0.1) is 0 Å². The van der Waals surface area contributed by atoms with Gasteiger partial charge in [0.15, 0.2) is 0 Å². The molecule has 0 aliphatic carbocycles. The highest BCUT2D eigenvalue weighted by Gasteiger charge is 2.36. The van der Waals surface area contributed by atoms with Crippen LogP contribution in [0.15, 0.2) is 0 Å². The van der Waals surface area contributed by atoms with Crippen LogP contribution in [0.25, 0.3) is 0 Å². The molecule has 0 radical (unpaired) electrons. The van der Waals surface area contributed by atoms with Gasteiger partial charge in [-0.1, -0.05) is 48.5 Å². The van der Waals surface area contributed by atoms with Crippen LogP contribution in [0.1, 0.15) is 87.0 Å². The molecular formula is C24H55NO4Si2. The monoisotopic (exact) mass is 477 g/mol. The number of rotatable bonds is 23. The summed E-state index contributed by atoms with van der Waals surface area (Å²) in [5.74, 6) is 0. The van der Waals surface area contributed by atoms with E-state index in [4.69, 9.17) is 17.7 Å². The summed E-state index contributed by atoms with van der Waals surface area (Å²) in [7, 11) is -4.10. The van der Waals surface area contributed by atoms with Gasteiger partial charge in [0.05, 0.1) is 0 Å². The molecule has 31 heavy (non-hydrogen) atoms. The average molecular weight is 478 g/mol. The molecule has 0 aromatic rings. The Balaban J connectivity index is 4.66. The van der Waals surface area contributed by atoms with Crippen molar-refractivity contribution >= 4 is 17.1 Å². The summed E-state index contributed by atoms with van der Waals surface area (Å²) < 4.78 is 25.3. The van der Waals surface area contributed by atoms with Gasteiger partial charge in [-0.25, -0.2) is 0 Å². The van der Waals surface area contributed by atoms with Crippen molar-refractivity contribution in [2.75, 3.05) is 46.1 Å². The normalized spacial score (nSPS) is 12.8. The zero-order valence-corrected chi connectivity index (χ0v) is 24.1. The van der Waals surface area contributed by atoms with E-state index in [0.29, 0.717) is 0 Å². The van der Waals surface area contributed by atoms with Crippen LogP contribution >= 0.6 is 0 Å². The standard InChI is InChI=1S/C24H55NO4Si2/c1-8-19-26-30(13-6,27-20-9-2)23-15-17-25(12-5)18-16-24-31(14-7,28-21-10-3)29-22-11-4/h8-24H2,1-7H3. The predicted octanol–water partition coefficient (Wildman–Crippen LogP) is 6.72. The zero-order valence-electron chi connectivity index (χ0n) is 22.1. The third-order valence-corrected chi connectivity index (χ3v) is 13.2. The van der Waals surface area contributed by atoms with E-state index in [-0.39, 0.29) is 0 Å². The van der Waals surface area contributed by atoms with Crippen LogP contribution in [-0.4, -0.2) is 68.1 Å². The summed E-state index contributed by atoms with van der Waals surface area (Å²) in [5.41, 5.74) is 0. The first-order valence-electron chi connectivity index (χ1n) is 13.3. The van der Waals surface area contributed by atoms with Gasteiger partial charge in [-0.05, 0) is 82.3 Å². The van der Waals surface area contributed by atoms with Gasteiger partial charge in [-0.2, -0.15) is 0 Å². The first kappa shape index (κ1) is 31.2. The minimum Gasteiger partial charge on any atom is -0.394 e. The van der Waals surface area contributed by atoms with Gasteiger partial charge in [0, 0.05) is 26.4 Å². The highest BCUT2D eigenvalue weighted by Crippen LogP contribution is 2.24. The van der Waals surface area contributed by atoms with Gasteiger partial charge in [0.2, 0.25) is 0 Å². The van der Waals surface area contributed by atoms with E-state index in [0.717, 1.165) is 109 Å². The topological polar surface area (TPSA) is 40.2 Å². The van der Waals surface area contributed by atoms with E-state index in [1.54, 1.807) is 0 Å². The van der Waals surface area contributed by atoms with Crippen LogP contribution in [0.3, 0.4) is 0 Å². The Morgan fingerprint density at radius 1 is 0.516 bits per heavy atom. The van der Waals surface area contributed by atoms with Crippen LogP contribution in [0.4, 0.5) is 0 Å². The summed E-state index contributed by atoms with van der Waals surface area (Å²) in [5, 5.41) is 0. The molecule has 0 spiro atoms. The fraction of sp³-hybridized carbons (Fsp3) is 1.00. The molecule has 0 unspecified atom stereocenters. The molecule has 0 amide bonds. The molecule has 5 nitrogen and oxygen atoms in total. The minimum absolute atomic E-state index is 0.834. The van der Waals surface area contributed by atoms with Crippen LogP contribution in [0.2, 0.25) is 24.2 Å². The molecule has 0 bridgehead atoms. The summed E-state index contributed by atoms with van der Waals surface area (Å²) >= 11 is 0. The highest BCUT2D eigenvalue weighted by molar-refractivity contribution is 6.67. The third kappa shape index (κ3) is 13.5. The first-order chi connectivity index (χ1) is 15.0. The maximum Gasteiger partial charge on any atom is 0.337 e. The molecule has 0 aromatic carbocycles. The SMILES string of the molecule is CCCO[Si](CC)(CCCN(CC)CCC[Si](CC)(OCCC)OCCC)OCCC. The highest BCUT2D eigenvalue weighted by atomic mass is 28.4. The molecule has 0 saturated carbocycles. The van der Waals surface area contributed by atoms with Gasteiger partial charge >= 0.3 is 17.1 Å². The second kappa shape index (κ2) is 19.7.